The Morgan fingerprint density at radius 3 is 2.56 bits per heavy atom. The molecule has 0 saturated heterocycles. The average Bonchev–Trinajstić information content (AvgIpc) is 2.34. The highest BCUT2D eigenvalue weighted by Crippen LogP contribution is 2.17. The SMILES string of the molecule is CCCCCCN(CC)c1cc(Cl)cc(C)[n+]1[O-]. The number of nitrogens with zero attached hydrogens (tertiary/aromatic N) is 2. The first-order valence-corrected chi connectivity index (χ1v) is 7.12. The molecule has 0 aliphatic carbocycles. The second-order valence-electron chi connectivity index (χ2n) is 4.61. The van der Waals surface area contributed by atoms with Gasteiger partial charge in [-0.25, -0.2) is 4.73 Å². The van der Waals surface area contributed by atoms with Gasteiger partial charge in [0.15, 0.2) is 0 Å². The molecule has 1 aromatic rings. The Balaban J connectivity index is 2.75. The number of aryl methyl sites for hydroxylation is 1. The third kappa shape index (κ3) is 4.05. The zero-order valence-electron chi connectivity index (χ0n) is 11.6. The van der Waals surface area contributed by atoms with E-state index < -0.39 is 0 Å². The van der Waals surface area contributed by atoms with E-state index >= 15 is 0 Å². The molecule has 0 unspecified atom stereocenters. The highest BCUT2D eigenvalue weighted by molar-refractivity contribution is 6.30. The molecule has 0 aromatic carbocycles. The molecule has 0 aliphatic rings. The maximum absolute atomic E-state index is 12.0. The molecular formula is C14H23ClN2O. The Hall–Kier alpha value is -0.960. The minimum Gasteiger partial charge on any atom is -0.710 e. The molecule has 3 nitrogen and oxygen atoms in total. The number of unbranched alkanes of at least 4 members (excludes halogenated alkanes) is 3. The standard InChI is InChI=1S/C14H23ClN2O/c1-4-6-7-8-9-16(5-2)14-11-13(15)10-12(3)17(14)18/h10-11H,4-9H2,1-3H3. The molecule has 1 heterocycles. The van der Waals surface area contributed by atoms with Crippen molar-refractivity contribution in [1.29, 1.82) is 0 Å². The van der Waals surface area contributed by atoms with Crippen LogP contribution in [0.5, 0.6) is 0 Å². The van der Waals surface area contributed by atoms with E-state index in [9.17, 15) is 5.21 Å². The second kappa shape index (κ2) is 7.47. The van der Waals surface area contributed by atoms with Gasteiger partial charge >= 0.3 is 0 Å². The van der Waals surface area contributed by atoms with E-state index in [1.165, 1.54) is 19.3 Å². The van der Waals surface area contributed by atoms with Crippen molar-refractivity contribution >= 4 is 17.4 Å². The van der Waals surface area contributed by atoms with Crippen molar-refractivity contribution in [3.8, 4) is 0 Å². The summed E-state index contributed by atoms with van der Waals surface area (Å²) in [5, 5.41) is 12.7. The Labute approximate surface area is 115 Å². The molecule has 18 heavy (non-hydrogen) atoms. The molecule has 0 spiro atoms. The average molecular weight is 271 g/mol. The molecule has 0 amide bonds. The molecule has 1 rings (SSSR count). The number of hydrogen-bond donors (Lipinski definition) is 0. The Morgan fingerprint density at radius 2 is 1.94 bits per heavy atom. The van der Waals surface area contributed by atoms with E-state index in [4.69, 9.17) is 11.6 Å². The summed E-state index contributed by atoms with van der Waals surface area (Å²) in [6.45, 7) is 7.79. The van der Waals surface area contributed by atoms with Crippen molar-refractivity contribution in [3.05, 3.63) is 28.1 Å². The van der Waals surface area contributed by atoms with Crippen LogP contribution >= 0.6 is 11.6 Å². The predicted octanol–water partition coefficient (Wildman–Crippen LogP) is 3.69. The fraction of sp³-hybridized carbons (Fsp3) is 0.643. The van der Waals surface area contributed by atoms with E-state index in [0.717, 1.165) is 24.2 Å². The molecule has 1 aromatic heterocycles. The summed E-state index contributed by atoms with van der Waals surface area (Å²) < 4.78 is 0.967. The summed E-state index contributed by atoms with van der Waals surface area (Å²) in [7, 11) is 0. The lowest BCUT2D eigenvalue weighted by atomic mass is 10.2. The van der Waals surface area contributed by atoms with Crippen LogP contribution in [0.25, 0.3) is 0 Å². The van der Waals surface area contributed by atoms with Gasteiger partial charge < -0.3 is 5.21 Å². The molecule has 0 atom stereocenters. The summed E-state index contributed by atoms with van der Waals surface area (Å²) in [4.78, 5) is 2.10. The summed E-state index contributed by atoms with van der Waals surface area (Å²) in [6, 6.07) is 3.45. The van der Waals surface area contributed by atoms with Gasteiger partial charge in [0.25, 0.3) is 5.82 Å². The molecule has 0 radical (unpaired) electrons. The Kier molecular flexibility index (Phi) is 6.27. The van der Waals surface area contributed by atoms with Crippen molar-refractivity contribution in [2.45, 2.75) is 46.5 Å². The quantitative estimate of drug-likeness (QED) is 0.430. The lowest BCUT2D eigenvalue weighted by Crippen LogP contribution is -2.40. The molecule has 4 heteroatoms. The van der Waals surface area contributed by atoms with E-state index in [1.807, 2.05) is 0 Å². The number of hydrogen-bond acceptors (Lipinski definition) is 2. The van der Waals surface area contributed by atoms with Gasteiger partial charge in [-0.15, -0.1) is 0 Å². The highest BCUT2D eigenvalue weighted by Gasteiger charge is 2.16. The van der Waals surface area contributed by atoms with Gasteiger partial charge in [-0.2, -0.15) is 0 Å². The van der Waals surface area contributed by atoms with Gasteiger partial charge in [-0.1, -0.05) is 31.4 Å². The first-order valence-electron chi connectivity index (χ1n) is 6.74. The number of halogens is 1. The number of pyridine rings is 1. The Morgan fingerprint density at radius 1 is 1.22 bits per heavy atom. The zero-order valence-corrected chi connectivity index (χ0v) is 12.3. The van der Waals surface area contributed by atoms with E-state index in [1.54, 1.807) is 19.1 Å². The maximum atomic E-state index is 12.0. The van der Waals surface area contributed by atoms with Crippen LogP contribution < -0.4 is 9.63 Å². The van der Waals surface area contributed by atoms with Gasteiger partial charge in [0.2, 0.25) is 0 Å². The van der Waals surface area contributed by atoms with Crippen LogP contribution in [0, 0.1) is 12.1 Å². The fourth-order valence-corrected chi connectivity index (χ4v) is 2.30. The number of rotatable bonds is 7. The first-order chi connectivity index (χ1) is 8.60. The third-order valence-electron chi connectivity index (χ3n) is 3.13. The van der Waals surface area contributed by atoms with Crippen molar-refractivity contribution in [2.24, 2.45) is 0 Å². The number of anilines is 1. The van der Waals surface area contributed by atoms with Gasteiger partial charge in [-0.05, 0) is 32.8 Å². The summed E-state index contributed by atoms with van der Waals surface area (Å²) in [6.07, 6.45) is 4.81. The van der Waals surface area contributed by atoms with Crippen LogP contribution in [-0.4, -0.2) is 13.1 Å². The zero-order chi connectivity index (χ0) is 13.5. The van der Waals surface area contributed by atoms with Crippen LogP contribution in [-0.2, 0) is 0 Å². The van der Waals surface area contributed by atoms with Crippen molar-refractivity contribution < 1.29 is 4.73 Å². The summed E-state index contributed by atoms with van der Waals surface area (Å²) >= 11 is 6.03. The van der Waals surface area contributed by atoms with Crippen LogP contribution in [0.3, 0.4) is 0 Å². The highest BCUT2D eigenvalue weighted by atomic mass is 35.5. The van der Waals surface area contributed by atoms with E-state index in [2.05, 4.69) is 18.7 Å². The summed E-state index contributed by atoms with van der Waals surface area (Å²) in [5.41, 5.74) is 0.643. The van der Waals surface area contributed by atoms with Crippen LogP contribution in [0.15, 0.2) is 12.1 Å². The lowest BCUT2D eigenvalue weighted by molar-refractivity contribution is -0.599. The molecule has 0 fully saturated rings. The topological polar surface area (TPSA) is 30.2 Å². The van der Waals surface area contributed by atoms with Crippen LogP contribution in [0.4, 0.5) is 5.82 Å². The smallest absolute Gasteiger partial charge is 0.281 e. The monoisotopic (exact) mass is 270 g/mol. The van der Waals surface area contributed by atoms with Crippen LogP contribution in [0.1, 0.15) is 45.2 Å². The van der Waals surface area contributed by atoms with Crippen molar-refractivity contribution in [2.75, 3.05) is 18.0 Å². The maximum Gasteiger partial charge on any atom is 0.281 e. The van der Waals surface area contributed by atoms with Crippen molar-refractivity contribution in [1.82, 2.24) is 0 Å². The summed E-state index contributed by atoms with van der Waals surface area (Å²) in [5.74, 6) is 0.666. The lowest BCUT2D eigenvalue weighted by Gasteiger charge is -2.21. The number of aromatic nitrogens is 1. The molecule has 0 aliphatic heterocycles. The molecule has 0 N–H and O–H groups in total. The molecular weight excluding hydrogens is 248 g/mol. The fourth-order valence-electron chi connectivity index (χ4n) is 2.05. The molecule has 0 saturated carbocycles. The van der Waals surface area contributed by atoms with Crippen molar-refractivity contribution in [3.63, 3.8) is 0 Å². The predicted molar refractivity (Wildman–Crippen MR) is 77.2 cm³/mol. The minimum atomic E-state index is 0.626. The third-order valence-corrected chi connectivity index (χ3v) is 3.35. The largest absolute Gasteiger partial charge is 0.710 e. The minimum absolute atomic E-state index is 0.626. The van der Waals surface area contributed by atoms with E-state index in [-0.39, 0.29) is 0 Å². The Bertz CT molecular complexity index is 382. The normalized spacial score (nSPS) is 10.7. The molecule has 102 valence electrons. The van der Waals surface area contributed by atoms with Crippen LogP contribution in [0.2, 0.25) is 5.02 Å². The van der Waals surface area contributed by atoms with Gasteiger partial charge in [0.05, 0.1) is 18.1 Å². The molecule has 0 bridgehead atoms. The van der Waals surface area contributed by atoms with E-state index in [0.29, 0.717) is 16.5 Å². The van der Waals surface area contributed by atoms with Gasteiger partial charge in [0, 0.05) is 6.07 Å². The van der Waals surface area contributed by atoms with Gasteiger partial charge in [0.1, 0.15) is 5.69 Å². The first kappa shape index (κ1) is 15.1. The van der Waals surface area contributed by atoms with Gasteiger partial charge in [-0.3, -0.25) is 4.90 Å². The second-order valence-corrected chi connectivity index (χ2v) is 5.04.